The van der Waals surface area contributed by atoms with Gasteiger partial charge in [-0.2, -0.15) is 0 Å². The third-order valence-electron chi connectivity index (χ3n) is 2.06. The highest BCUT2D eigenvalue weighted by Crippen LogP contribution is 1.96. The van der Waals surface area contributed by atoms with Crippen molar-refractivity contribution in [1.82, 2.24) is 14.9 Å². The Morgan fingerprint density at radius 1 is 1.43 bits per heavy atom. The van der Waals surface area contributed by atoms with E-state index in [2.05, 4.69) is 45.1 Å². The fourth-order valence-corrected chi connectivity index (χ4v) is 1.66. The van der Waals surface area contributed by atoms with Crippen molar-refractivity contribution in [2.45, 2.75) is 20.3 Å². The molecule has 0 aliphatic carbocycles. The number of hydrogen-bond acceptors (Lipinski definition) is 3. The fraction of sp³-hybridized carbons (Fsp3) is 1.00. The Kier molecular flexibility index (Phi) is 7.10. The van der Waals surface area contributed by atoms with Crippen LogP contribution in [0.4, 0.5) is 0 Å². The van der Waals surface area contributed by atoms with Gasteiger partial charge in [-0.05, 0) is 53.1 Å². The predicted octanol–water partition coefficient (Wildman–Crippen LogP) is 0.650. The molecule has 3 nitrogen and oxygen atoms in total. The van der Waals surface area contributed by atoms with Gasteiger partial charge in [-0.25, -0.2) is 0 Å². The minimum atomic E-state index is 0.517. The van der Waals surface area contributed by atoms with Crippen LogP contribution >= 0.6 is 0 Å². The largest absolute Gasteiger partial charge is 0.335 e. The van der Waals surface area contributed by atoms with Gasteiger partial charge in [-0.3, -0.25) is 0 Å². The minimum absolute atomic E-state index is 0.517. The molecule has 0 spiro atoms. The highest BCUT2D eigenvalue weighted by atomic mass is 15.2. The summed E-state index contributed by atoms with van der Waals surface area (Å²) < 4.78 is 7.35. The maximum atomic E-state index is 7.35. The van der Waals surface area contributed by atoms with Gasteiger partial charge >= 0.3 is 7.55 Å². The lowest BCUT2D eigenvalue weighted by Gasteiger charge is -2.24. The van der Waals surface area contributed by atoms with E-state index in [-0.39, 0.29) is 0 Å². The second-order valence-corrected chi connectivity index (χ2v) is 4.14. The summed E-state index contributed by atoms with van der Waals surface area (Å²) in [6.45, 7) is 7.27. The van der Waals surface area contributed by atoms with Crippen LogP contribution in [0.3, 0.4) is 0 Å². The Bertz CT molecular complexity index is 158. The summed E-state index contributed by atoms with van der Waals surface area (Å²) in [4.78, 5) is 4.40. The lowest BCUT2D eigenvalue weighted by Crippen LogP contribution is -2.40. The van der Waals surface area contributed by atoms with E-state index in [0.717, 1.165) is 19.6 Å². The molecule has 0 saturated heterocycles. The molecule has 1 atom stereocenters. The standard InChI is InChI=1S/C10H25BN3/c1-6-7-13(4)11-14(5)9-10(2)8-12-3/h10,12H,6-9H2,1-5H3/i/hD. The molecule has 0 aliphatic heterocycles. The van der Waals surface area contributed by atoms with Gasteiger partial charge in [-0.15, -0.1) is 0 Å². The van der Waals surface area contributed by atoms with Crippen molar-refractivity contribution in [3.05, 3.63) is 0 Å². The summed E-state index contributed by atoms with van der Waals surface area (Å²) in [5, 5.41) is 1.49. The summed E-state index contributed by atoms with van der Waals surface area (Å²) in [5.74, 6) is 0.517. The quantitative estimate of drug-likeness (QED) is 0.579. The van der Waals surface area contributed by atoms with Crippen LogP contribution in [-0.4, -0.2) is 57.9 Å². The molecule has 0 rings (SSSR count). The summed E-state index contributed by atoms with van der Waals surface area (Å²) >= 11 is 0. The van der Waals surface area contributed by atoms with Crippen LogP contribution in [0.5, 0.6) is 0 Å². The molecule has 0 amide bonds. The Morgan fingerprint density at radius 2 is 2.07 bits per heavy atom. The second-order valence-electron chi connectivity index (χ2n) is 4.14. The molecule has 1 unspecified atom stereocenters. The molecule has 0 aliphatic rings. The van der Waals surface area contributed by atoms with Gasteiger partial charge in [0.15, 0.2) is 0 Å². The normalized spacial score (nSPS) is 15.0. The molecule has 83 valence electrons. The van der Waals surface area contributed by atoms with Crippen molar-refractivity contribution in [3.8, 4) is 0 Å². The van der Waals surface area contributed by atoms with E-state index in [1.54, 1.807) is 7.05 Å². The van der Waals surface area contributed by atoms with Gasteiger partial charge < -0.3 is 14.9 Å². The van der Waals surface area contributed by atoms with E-state index in [0.29, 0.717) is 5.92 Å². The van der Waals surface area contributed by atoms with E-state index in [1.807, 2.05) is 0 Å². The van der Waals surface area contributed by atoms with Gasteiger partial charge in [0, 0.05) is 0 Å². The van der Waals surface area contributed by atoms with Gasteiger partial charge in [0.1, 0.15) is 1.41 Å². The summed E-state index contributed by atoms with van der Waals surface area (Å²) in [6, 6.07) is 0. The highest BCUT2D eigenvalue weighted by Gasteiger charge is 2.09. The molecule has 1 radical (unpaired) electrons. The van der Waals surface area contributed by atoms with E-state index in [4.69, 9.17) is 1.41 Å². The van der Waals surface area contributed by atoms with Crippen molar-refractivity contribution < 1.29 is 1.41 Å². The van der Waals surface area contributed by atoms with E-state index in [1.165, 1.54) is 11.7 Å². The van der Waals surface area contributed by atoms with Crippen LogP contribution in [0.25, 0.3) is 0 Å². The lowest BCUT2D eigenvalue weighted by atomic mass is 10.0. The minimum Gasteiger partial charge on any atom is -0.335 e. The average molecular weight is 199 g/mol. The molecule has 0 fully saturated rings. The van der Waals surface area contributed by atoms with Crippen molar-refractivity contribution in [2.24, 2.45) is 5.92 Å². The molecule has 0 aromatic heterocycles. The first-order valence-corrected chi connectivity index (χ1v) is 5.41. The number of hydrogen-bond donors (Lipinski definition) is 1. The Hall–Kier alpha value is -0.0551. The lowest BCUT2D eigenvalue weighted by molar-refractivity contribution is 0.377. The van der Waals surface area contributed by atoms with Crippen LogP contribution in [0.2, 0.25) is 1.41 Å². The Balaban J connectivity index is 3.67. The molecule has 0 saturated carbocycles. The van der Waals surface area contributed by atoms with Gasteiger partial charge in [0.25, 0.3) is 0 Å². The first-order chi connectivity index (χ1) is 6.95. The zero-order valence-electron chi connectivity index (χ0n) is 11.3. The zero-order chi connectivity index (χ0) is 11.8. The summed E-state index contributed by atoms with van der Waals surface area (Å²) in [7, 11) is 8.13. The zero-order valence-corrected chi connectivity index (χ0v) is 10.3. The highest BCUT2D eigenvalue weighted by molar-refractivity contribution is 6.28. The maximum Gasteiger partial charge on any atom is 0.312 e. The number of nitrogens with one attached hydrogen (secondary N) is 1. The predicted molar refractivity (Wildman–Crippen MR) is 64.4 cm³/mol. The molecule has 1 N–H and O–H groups in total. The molecule has 0 heterocycles. The van der Waals surface area contributed by atoms with Crippen molar-refractivity contribution in [2.75, 3.05) is 40.8 Å². The molecule has 4 heteroatoms. The van der Waals surface area contributed by atoms with E-state index < -0.39 is 0 Å². The van der Waals surface area contributed by atoms with Crippen LogP contribution < -0.4 is 5.31 Å². The third-order valence-corrected chi connectivity index (χ3v) is 2.06. The number of nitrogens with zero attached hydrogens (tertiary/aromatic N) is 2. The average Bonchev–Trinajstić information content (AvgIpc) is 2.00. The molecule has 0 aromatic rings. The monoisotopic (exact) mass is 199 g/mol. The molecular formula is C10H25BN3. The van der Waals surface area contributed by atoms with E-state index in [9.17, 15) is 0 Å². The smallest absolute Gasteiger partial charge is 0.312 e. The summed E-state index contributed by atoms with van der Waals surface area (Å²) in [5.41, 5.74) is 0. The Labute approximate surface area is 91.6 Å². The van der Waals surface area contributed by atoms with Crippen molar-refractivity contribution >= 4 is 7.55 Å². The van der Waals surface area contributed by atoms with Crippen LogP contribution in [-0.2, 0) is 0 Å². The Morgan fingerprint density at radius 3 is 2.57 bits per heavy atom. The van der Waals surface area contributed by atoms with Crippen molar-refractivity contribution in [3.63, 3.8) is 0 Å². The fourth-order valence-electron chi connectivity index (χ4n) is 1.66. The topological polar surface area (TPSA) is 18.5 Å². The molecule has 0 aromatic carbocycles. The van der Waals surface area contributed by atoms with E-state index >= 15 is 0 Å². The number of rotatable bonds is 8. The van der Waals surface area contributed by atoms with Crippen LogP contribution in [0.1, 0.15) is 20.3 Å². The third kappa shape index (κ3) is 7.36. The van der Waals surface area contributed by atoms with Crippen LogP contribution in [0.15, 0.2) is 0 Å². The van der Waals surface area contributed by atoms with Crippen molar-refractivity contribution in [1.29, 1.82) is 0 Å². The molecular weight excluding hydrogens is 173 g/mol. The second kappa shape index (κ2) is 8.27. The molecule has 14 heavy (non-hydrogen) atoms. The van der Waals surface area contributed by atoms with Crippen LogP contribution in [0, 0.1) is 5.92 Å². The first kappa shape index (κ1) is 12.0. The van der Waals surface area contributed by atoms with Gasteiger partial charge in [0.2, 0.25) is 0 Å². The first-order valence-electron chi connectivity index (χ1n) is 5.85. The van der Waals surface area contributed by atoms with Gasteiger partial charge in [-0.1, -0.05) is 13.8 Å². The van der Waals surface area contributed by atoms with Gasteiger partial charge in [0.05, 0.1) is 0 Å². The summed E-state index contributed by atoms with van der Waals surface area (Å²) in [6.07, 6.45) is 1.17. The maximum absolute atomic E-state index is 7.35. The SMILES string of the molecule is [2H]N(C)CC(C)CN(C)[B]N(C)CCC. The molecule has 0 bridgehead atoms.